The molecule has 0 aromatic heterocycles. The van der Waals surface area contributed by atoms with Crippen molar-refractivity contribution < 1.29 is 93.0 Å². The molecule has 5 rings (SSSR count). The number of ketones is 1. The summed E-state index contributed by atoms with van der Waals surface area (Å²) in [6.45, 7) is 5.82. The number of Topliss-reactive ketones (excluding diaryl/α,β-unsaturated/α-hetero) is 1. The smallest absolute Gasteiger partial charge is 0.326 e. The quantitative estimate of drug-likeness (QED) is 0.0358. The van der Waals surface area contributed by atoms with Crippen LogP contribution in [-0.4, -0.2) is 256 Å². The van der Waals surface area contributed by atoms with Crippen LogP contribution in [-0.2, 0) is 70.4 Å². The summed E-state index contributed by atoms with van der Waals surface area (Å²) in [7, 11) is 0. The molecule has 562 valence electrons. The van der Waals surface area contributed by atoms with Crippen molar-refractivity contribution in [2.24, 2.45) is 29.4 Å². The van der Waals surface area contributed by atoms with Crippen molar-refractivity contribution in [2.75, 3.05) is 105 Å². The zero-order valence-electron chi connectivity index (χ0n) is 58.6. The molecule has 0 radical (unpaired) electrons. The highest BCUT2D eigenvalue weighted by Gasteiger charge is 2.33. The molecule has 1 aliphatic carbocycles. The van der Waals surface area contributed by atoms with Crippen molar-refractivity contribution in [3.8, 4) is 0 Å². The maximum Gasteiger partial charge on any atom is 0.326 e. The number of fused-ring (bicyclic) bond motifs is 1. The first kappa shape index (κ1) is 83.5. The molecule has 0 bridgehead atoms. The van der Waals surface area contributed by atoms with Crippen molar-refractivity contribution in [3.05, 3.63) is 83.4 Å². The fourth-order valence-corrected chi connectivity index (χ4v) is 12.6. The number of unbranched alkanes of at least 4 members (excludes halogenated alkanes) is 1. The molecule has 2 aliphatic rings. The topological polar surface area (TPSA) is 466 Å². The van der Waals surface area contributed by atoms with Crippen LogP contribution in [0.4, 0.5) is 4.79 Å². The molecule has 6 unspecified atom stereocenters. The van der Waals surface area contributed by atoms with E-state index in [1.165, 1.54) is 0 Å². The third-order valence-electron chi connectivity index (χ3n) is 18.4. The van der Waals surface area contributed by atoms with Crippen LogP contribution in [0.2, 0.25) is 0 Å². The molecule has 31 nitrogen and oxygen atoms in total. The minimum Gasteiger partial charge on any atom is -0.481 e. The van der Waals surface area contributed by atoms with E-state index in [0.717, 1.165) is 33.9 Å². The lowest BCUT2D eigenvalue weighted by Gasteiger charge is -2.33. The lowest BCUT2D eigenvalue weighted by molar-refractivity contribution is -0.141. The largest absolute Gasteiger partial charge is 0.481 e. The van der Waals surface area contributed by atoms with Gasteiger partial charge in [-0.1, -0.05) is 80.6 Å². The molecule has 7 amide bonds. The lowest BCUT2D eigenvalue weighted by Crippen LogP contribution is -2.54. The minimum atomic E-state index is -1.58. The van der Waals surface area contributed by atoms with E-state index in [1.54, 1.807) is 26.5 Å². The van der Waals surface area contributed by atoms with Crippen LogP contribution >= 0.6 is 0 Å². The molecule has 1 saturated heterocycles. The molecule has 1 aliphatic heterocycles. The van der Waals surface area contributed by atoms with Crippen molar-refractivity contribution in [1.29, 1.82) is 0 Å². The first-order valence-electron chi connectivity index (χ1n) is 35.1. The summed E-state index contributed by atoms with van der Waals surface area (Å²) in [6, 6.07) is 14.8. The molecule has 102 heavy (non-hydrogen) atoms. The average molecular weight is 1430 g/mol. The zero-order valence-corrected chi connectivity index (χ0v) is 58.6. The fraction of sp³-hybridized carbons (Fsp3) is 0.592. The zero-order chi connectivity index (χ0) is 74.8. The van der Waals surface area contributed by atoms with E-state index >= 15 is 0 Å². The number of rotatable bonds is 41. The van der Waals surface area contributed by atoms with Gasteiger partial charge in [-0.3, -0.25) is 67.5 Å². The first-order chi connectivity index (χ1) is 48.5. The van der Waals surface area contributed by atoms with Crippen molar-refractivity contribution in [1.82, 2.24) is 56.8 Å². The molecule has 15 N–H and O–H groups in total. The summed E-state index contributed by atoms with van der Waals surface area (Å²) >= 11 is 0. The van der Waals surface area contributed by atoms with Gasteiger partial charge in [0, 0.05) is 96.7 Å². The number of nitrogens with two attached hydrogens (primary N) is 1. The number of nitrogens with one attached hydrogen (secondary N) is 7. The molecule has 1 saturated carbocycles. The number of urea groups is 1. The fourth-order valence-electron chi connectivity index (χ4n) is 12.6. The number of hydrogen-bond acceptors (Lipinski definition) is 18. The Morgan fingerprint density at radius 3 is 1.52 bits per heavy atom. The molecule has 1 heterocycles. The number of amides is 7. The van der Waals surface area contributed by atoms with Gasteiger partial charge in [0.1, 0.15) is 30.0 Å². The second-order valence-corrected chi connectivity index (χ2v) is 27.0. The maximum absolute atomic E-state index is 14.4. The molecule has 0 spiro atoms. The number of carboxylic acids is 6. The number of aliphatic carboxylic acids is 6. The normalized spacial score (nSPS) is 17.7. The third-order valence-corrected chi connectivity index (χ3v) is 18.4. The Labute approximate surface area is 593 Å². The van der Waals surface area contributed by atoms with Crippen LogP contribution in [0.1, 0.15) is 120 Å². The van der Waals surface area contributed by atoms with Gasteiger partial charge in [-0.2, -0.15) is 0 Å². The van der Waals surface area contributed by atoms with Gasteiger partial charge in [-0.25, -0.2) is 14.4 Å². The summed E-state index contributed by atoms with van der Waals surface area (Å²) in [5, 5.41) is 77.8. The monoisotopic (exact) mass is 1430 g/mol. The number of carbonyl (C=O) groups excluding carboxylic acids is 7. The molecule has 6 atom stereocenters. The van der Waals surface area contributed by atoms with Crippen LogP contribution in [0.5, 0.6) is 0 Å². The van der Waals surface area contributed by atoms with Gasteiger partial charge in [0.25, 0.3) is 0 Å². The molecule has 3 aromatic carbocycles. The first-order valence-corrected chi connectivity index (χ1v) is 35.1. The predicted molar refractivity (Wildman–Crippen MR) is 375 cm³/mol. The van der Waals surface area contributed by atoms with Crippen LogP contribution in [0.3, 0.4) is 0 Å². The average Bonchev–Trinajstić information content (AvgIpc) is 0.841. The number of nitrogens with zero attached hydrogens (tertiary/aromatic N) is 4. The van der Waals surface area contributed by atoms with Crippen LogP contribution < -0.4 is 43.0 Å². The van der Waals surface area contributed by atoms with E-state index in [4.69, 9.17) is 10.8 Å². The van der Waals surface area contributed by atoms with Crippen LogP contribution in [0.15, 0.2) is 66.7 Å². The molecular formula is C71H104N12O19. The van der Waals surface area contributed by atoms with E-state index < -0.39 is 126 Å². The van der Waals surface area contributed by atoms with Crippen molar-refractivity contribution >= 4 is 87.9 Å². The van der Waals surface area contributed by atoms with Crippen LogP contribution in [0, 0.1) is 23.7 Å². The van der Waals surface area contributed by atoms with Crippen molar-refractivity contribution in [3.63, 3.8) is 0 Å². The van der Waals surface area contributed by atoms with Gasteiger partial charge in [-0.05, 0) is 130 Å². The van der Waals surface area contributed by atoms with E-state index in [2.05, 4.69) is 51.1 Å². The Bertz CT molecular complexity index is 3280. The highest BCUT2D eigenvalue weighted by molar-refractivity contribution is 5.92. The van der Waals surface area contributed by atoms with Gasteiger partial charge < -0.3 is 73.6 Å². The number of benzene rings is 3. The molecule has 2 fully saturated rings. The van der Waals surface area contributed by atoms with Gasteiger partial charge in [0.2, 0.25) is 29.5 Å². The van der Waals surface area contributed by atoms with Gasteiger partial charge >= 0.3 is 41.8 Å². The van der Waals surface area contributed by atoms with Crippen molar-refractivity contribution in [2.45, 2.75) is 141 Å². The Morgan fingerprint density at radius 2 is 0.990 bits per heavy atom. The van der Waals surface area contributed by atoms with Gasteiger partial charge in [0.05, 0.1) is 32.1 Å². The molecular weight excluding hydrogens is 1320 g/mol. The van der Waals surface area contributed by atoms with E-state index in [9.17, 15) is 87.9 Å². The predicted octanol–water partition coefficient (Wildman–Crippen LogP) is 1.54. The number of carboxylic acid groups (broad SMARTS) is 6. The Morgan fingerprint density at radius 1 is 0.480 bits per heavy atom. The van der Waals surface area contributed by atoms with E-state index in [1.807, 2.05) is 66.7 Å². The number of carbonyl (C=O) groups is 13. The second-order valence-electron chi connectivity index (χ2n) is 27.0. The van der Waals surface area contributed by atoms with Gasteiger partial charge in [0.15, 0.2) is 0 Å². The van der Waals surface area contributed by atoms with E-state index in [-0.39, 0.29) is 161 Å². The Kier molecular flexibility index (Phi) is 35.7. The highest BCUT2D eigenvalue weighted by atomic mass is 16.4. The number of hydrogen-bond donors (Lipinski definition) is 14. The Balaban J connectivity index is 1.25. The highest BCUT2D eigenvalue weighted by Crippen LogP contribution is 2.32. The van der Waals surface area contributed by atoms with Crippen LogP contribution in [0.25, 0.3) is 10.8 Å². The Hall–Kier alpha value is -9.17. The summed E-state index contributed by atoms with van der Waals surface area (Å²) in [5.74, 6) is -11.7. The third kappa shape index (κ3) is 31.0. The summed E-state index contributed by atoms with van der Waals surface area (Å²) < 4.78 is 0. The van der Waals surface area contributed by atoms with Gasteiger partial charge in [-0.15, -0.1) is 0 Å². The van der Waals surface area contributed by atoms with E-state index in [0.29, 0.717) is 31.6 Å². The minimum absolute atomic E-state index is 0.0532. The summed E-state index contributed by atoms with van der Waals surface area (Å²) in [6.07, 6.45) is 2.29. The SMILES string of the molecule is CC(C)Cc1ccc(C(C)C(=O)NC(CCN)C(=O)NCCC(NC(=O)CN2CCN(CC(=O)O)CCN(CC(=O)O)CCN(CC(=O)O)CC2)C(=O)NCC2CCC(C(=O)CC(Cc3ccc4ccccc4c3)C(=O)NCCCCC(NC(=O)NC(CCC(=O)O)C(=O)O)C(=O)O)CC2)cc1. The second kappa shape index (κ2) is 43.6. The standard InChI is InChI=1S/C71H104N12O19/c1-45(2)36-47-11-16-50(17-12-47)46(3)65(94)77-55(23-25-72)67(96)74-27-24-56(76-60(85)41-80-28-30-81(42-62(88)89)32-34-83(44-64(92)93)35-33-82(31-29-80)43-63(90)91)68(97)75-40-48-13-19-52(20-14-48)59(84)39-54(38-49-15-18-51-8-4-5-9-53(51)37-49)66(95)73-26-7-6-10-57(69(98)99)78-71(102)79-58(70(100)101)21-22-61(86)87/h4-5,8-9,11-12,15-18,37,45-46,48,52,54-58H,6-7,10,13-14,19-36,38-44,72H2,1-3H3,(H,73,95)(H,74,96)(H,75,97)(H,76,85)(H,77,94)(H,86,87)(H,88,89)(H,90,91)(H,92,93)(H,98,99)(H,100,101)(H2,78,79,102). The lowest BCUT2D eigenvalue weighted by atomic mass is 9.77. The summed E-state index contributed by atoms with van der Waals surface area (Å²) in [4.78, 5) is 174. The molecule has 3 aromatic rings. The molecule has 31 heteroatoms. The maximum atomic E-state index is 14.4. The summed E-state index contributed by atoms with van der Waals surface area (Å²) in [5.41, 5.74) is 8.63.